The van der Waals surface area contributed by atoms with Crippen molar-refractivity contribution in [2.24, 2.45) is 0 Å². The van der Waals surface area contributed by atoms with Crippen LogP contribution in [0.2, 0.25) is 0 Å². The van der Waals surface area contributed by atoms with Crippen molar-refractivity contribution >= 4 is 17.5 Å². The van der Waals surface area contributed by atoms with Crippen LogP contribution in [0, 0.1) is 0 Å². The third-order valence-electron chi connectivity index (χ3n) is 6.06. The lowest BCUT2D eigenvalue weighted by Crippen LogP contribution is -2.31. The largest absolute Gasteiger partial charge is 0.497 e. The van der Waals surface area contributed by atoms with E-state index in [1.165, 1.54) is 0 Å². The zero-order valence-corrected chi connectivity index (χ0v) is 20.6. The zero-order valence-electron chi connectivity index (χ0n) is 20.6. The summed E-state index contributed by atoms with van der Waals surface area (Å²) in [5, 5.41) is 18.1. The van der Waals surface area contributed by atoms with Gasteiger partial charge in [-0.1, -0.05) is 47.6 Å². The lowest BCUT2D eigenvalue weighted by molar-refractivity contribution is -0.113. The van der Waals surface area contributed by atoms with E-state index in [1.807, 2.05) is 61.5 Å². The van der Waals surface area contributed by atoms with Gasteiger partial charge in [0, 0.05) is 11.8 Å². The average molecular weight is 499 g/mol. The zero-order chi connectivity index (χ0) is 25.8. The van der Waals surface area contributed by atoms with Gasteiger partial charge in [-0.2, -0.15) is 4.68 Å². The van der Waals surface area contributed by atoms with Gasteiger partial charge < -0.3 is 24.8 Å². The van der Waals surface area contributed by atoms with Gasteiger partial charge in [-0.3, -0.25) is 4.79 Å². The Hall–Kier alpha value is -4.86. The lowest BCUT2D eigenvalue weighted by atomic mass is 9.95. The fourth-order valence-corrected chi connectivity index (χ4v) is 4.20. The molecule has 1 aliphatic heterocycles. The minimum absolute atomic E-state index is 0.327. The summed E-state index contributed by atoms with van der Waals surface area (Å²) in [5.74, 6) is 1.94. The molecule has 1 amide bonds. The molecule has 0 saturated heterocycles. The third-order valence-corrected chi connectivity index (χ3v) is 6.06. The molecule has 0 saturated carbocycles. The number of aromatic nitrogens is 4. The maximum Gasteiger partial charge on any atom is 0.255 e. The predicted molar refractivity (Wildman–Crippen MR) is 138 cm³/mol. The molecule has 1 aromatic heterocycles. The maximum absolute atomic E-state index is 13.7. The van der Waals surface area contributed by atoms with E-state index in [0.717, 1.165) is 11.1 Å². The Bertz CT molecular complexity index is 1430. The molecule has 0 spiro atoms. The molecule has 1 atom stereocenters. The molecule has 10 nitrogen and oxygen atoms in total. The lowest BCUT2D eigenvalue weighted by Gasteiger charge is -2.28. The minimum atomic E-state index is -0.564. The Balaban J connectivity index is 1.44. The summed E-state index contributed by atoms with van der Waals surface area (Å²) in [4.78, 5) is 13.7. The summed E-state index contributed by atoms with van der Waals surface area (Å²) in [6.07, 6.45) is 0. The minimum Gasteiger partial charge on any atom is -0.497 e. The molecule has 10 heteroatoms. The van der Waals surface area contributed by atoms with Crippen molar-refractivity contribution < 1.29 is 19.0 Å². The topological polar surface area (TPSA) is 112 Å². The fourth-order valence-electron chi connectivity index (χ4n) is 4.20. The second kappa shape index (κ2) is 10.4. The van der Waals surface area contributed by atoms with E-state index >= 15 is 0 Å². The molecule has 0 fully saturated rings. The number of amides is 1. The number of allylic oxidation sites excluding steroid dienone is 1. The first kappa shape index (κ1) is 23.9. The number of fused-ring (bicyclic) bond motifs is 1. The van der Waals surface area contributed by atoms with Crippen molar-refractivity contribution in [2.45, 2.75) is 19.6 Å². The number of rotatable bonds is 8. The molecule has 5 rings (SSSR count). The molecule has 37 heavy (non-hydrogen) atoms. The highest BCUT2D eigenvalue weighted by molar-refractivity contribution is 6.06. The van der Waals surface area contributed by atoms with Gasteiger partial charge >= 0.3 is 0 Å². The molecule has 0 bridgehead atoms. The SMILES string of the molecule is COc1ccc(OC)c(NC(=O)C2=C(C)Nc3nnnn3C2c2ccc(OCc3ccccc3)cc2)c1. The van der Waals surface area contributed by atoms with Gasteiger partial charge in [0.05, 0.1) is 25.5 Å². The number of nitrogens with zero attached hydrogens (tertiary/aromatic N) is 4. The van der Waals surface area contributed by atoms with Crippen molar-refractivity contribution in [3.8, 4) is 17.2 Å². The van der Waals surface area contributed by atoms with Gasteiger partial charge in [0.2, 0.25) is 5.95 Å². The van der Waals surface area contributed by atoms with Crippen LogP contribution in [-0.2, 0) is 11.4 Å². The summed E-state index contributed by atoms with van der Waals surface area (Å²) >= 11 is 0. The fraction of sp³-hybridized carbons (Fsp3) is 0.185. The van der Waals surface area contributed by atoms with Crippen LogP contribution < -0.4 is 24.8 Å². The summed E-state index contributed by atoms with van der Waals surface area (Å²) in [7, 11) is 3.11. The van der Waals surface area contributed by atoms with Crippen LogP contribution in [0.5, 0.6) is 17.2 Å². The molecular weight excluding hydrogens is 472 g/mol. The summed E-state index contributed by atoms with van der Waals surface area (Å²) in [6, 6.07) is 22.2. The molecule has 1 aliphatic rings. The van der Waals surface area contributed by atoms with Crippen molar-refractivity contribution in [3.05, 3.63) is 95.2 Å². The van der Waals surface area contributed by atoms with Gasteiger partial charge in [0.15, 0.2) is 0 Å². The highest BCUT2D eigenvalue weighted by Crippen LogP contribution is 2.37. The maximum atomic E-state index is 13.7. The van der Waals surface area contributed by atoms with Crippen LogP contribution in [0.1, 0.15) is 24.1 Å². The second-order valence-electron chi connectivity index (χ2n) is 8.38. The Morgan fingerprint density at radius 3 is 2.49 bits per heavy atom. The number of hydrogen-bond acceptors (Lipinski definition) is 8. The number of hydrogen-bond donors (Lipinski definition) is 2. The van der Waals surface area contributed by atoms with Gasteiger partial charge in [0.25, 0.3) is 5.91 Å². The molecule has 1 unspecified atom stereocenters. The first-order chi connectivity index (χ1) is 18.1. The first-order valence-corrected chi connectivity index (χ1v) is 11.6. The number of ether oxygens (including phenoxy) is 3. The van der Waals surface area contributed by atoms with Crippen molar-refractivity contribution in [1.82, 2.24) is 20.2 Å². The van der Waals surface area contributed by atoms with Gasteiger partial charge in [-0.15, -0.1) is 0 Å². The van der Waals surface area contributed by atoms with Crippen LogP contribution in [0.3, 0.4) is 0 Å². The Morgan fingerprint density at radius 2 is 1.76 bits per heavy atom. The highest BCUT2D eigenvalue weighted by atomic mass is 16.5. The number of anilines is 2. The number of tetrazole rings is 1. The number of carbonyl (C=O) groups excluding carboxylic acids is 1. The van der Waals surface area contributed by atoms with Gasteiger partial charge in [-0.05, 0) is 52.7 Å². The molecule has 0 aliphatic carbocycles. The molecule has 188 valence electrons. The molecule has 3 aromatic carbocycles. The van der Waals surface area contributed by atoms with E-state index in [1.54, 1.807) is 37.1 Å². The number of nitrogens with one attached hydrogen (secondary N) is 2. The smallest absolute Gasteiger partial charge is 0.255 e. The predicted octanol–water partition coefficient (Wildman–Crippen LogP) is 4.20. The van der Waals surface area contributed by atoms with E-state index in [2.05, 4.69) is 26.2 Å². The van der Waals surface area contributed by atoms with E-state index in [-0.39, 0.29) is 5.91 Å². The standard InChI is InChI=1S/C27H26N6O4/c1-17-24(26(34)29-22-15-21(35-2)13-14-23(22)36-3)25(33-27(28-17)30-31-32-33)19-9-11-20(12-10-19)37-16-18-7-5-4-6-8-18/h4-15,25H,16H2,1-3H3,(H,29,34)(H,28,30,32). The van der Waals surface area contributed by atoms with Crippen molar-refractivity contribution in [1.29, 1.82) is 0 Å². The van der Waals surface area contributed by atoms with E-state index in [9.17, 15) is 4.79 Å². The highest BCUT2D eigenvalue weighted by Gasteiger charge is 2.34. The number of methoxy groups -OCH3 is 2. The Kier molecular flexibility index (Phi) is 6.71. The second-order valence-corrected chi connectivity index (χ2v) is 8.38. The summed E-state index contributed by atoms with van der Waals surface area (Å²) < 4.78 is 18.3. The van der Waals surface area contributed by atoms with E-state index in [4.69, 9.17) is 14.2 Å². The van der Waals surface area contributed by atoms with Crippen molar-refractivity contribution in [3.63, 3.8) is 0 Å². The van der Waals surface area contributed by atoms with Crippen LogP contribution in [-0.4, -0.2) is 40.3 Å². The van der Waals surface area contributed by atoms with E-state index < -0.39 is 6.04 Å². The molecule has 0 radical (unpaired) electrons. The molecular formula is C27H26N6O4. The van der Waals surface area contributed by atoms with Gasteiger partial charge in [0.1, 0.15) is 29.9 Å². The van der Waals surface area contributed by atoms with Crippen LogP contribution in [0.4, 0.5) is 11.6 Å². The third kappa shape index (κ3) is 4.94. The molecule has 2 heterocycles. The number of carbonyl (C=O) groups is 1. The average Bonchev–Trinajstić information content (AvgIpc) is 3.40. The molecule has 4 aromatic rings. The van der Waals surface area contributed by atoms with Gasteiger partial charge in [-0.25, -0.2) is 0 Å². The van der Waals surface area contributed by atoms with E-state index in [0.29, 0.717) is 46.8 Å². The van der Waals surface area contributed by atoms with Crippen LogP contribution in [0.25, 0.3) is 0 Å². The van der Waals surface area contributed by atoms with Crippen LogP contribution >= 0.6 is 0 Å². The summed E-state index contributed by atoms with van der Waals surface area (Å²) in [6.45, 7) is 2.28. The van der Waals surface area contributed by atoms with Crippen molar-refractivity contribution in [2.75, 3.05) is 24.9 Å². The number of benzene rings is 3. The quantitative estimate of drug-likeness (QED) is 0.372. The summed E-state index contributed by atoms with van der Waals surface area (Å²) in [5.41, 5.74) is 3.48. The first-order valence-electron chi connectivity index (χ1n) is 11.6. The Labute approximate surface area is 213 Å². The van der Waals surface area contributed by atoms with Crippen LogP contribution in [0.15, 0.2) is 84.1 Å². The Morgan fingerprint density at radius 1 is 1.00 bits per heavy atom. The normalized spacial score (nSPS) is 14.4. The molecule has 2 N–H and O–H groups in total. The monoisotopic (exact) mass is 498 g/mol.